The van der Waals surface area contributed by atoms with E-state index in [1.54, 1.807) is 38.1 Å². The molecule has 178 valence electrons. The summed E-state index contributed by atoms with van der Waals surface area (Å²) >= 11 is 0. The van der Waals surface area contributed by atoms with Crippen molar-refractivity contribution < 1.29 is 43.1 Å². The van der Waals surface area contributed by atoms with E-state index in [-0.39, 0.29) is 36.5 Å². The van der Waals surface area contributed by atoms with Crippen molar-refractivity contribution in [2.24, 2.45) is 0 Å². The van der Waals surface area contributed by atoms with Crippen LogP contribution in [0.25, 0.3) is 21.9 Å². The summed E-state index contributed by atoms with van der Waals surface area (Å²) in [6.07, 6.45) is 0. The Morgan fingerprint density at radius 1 is 0.853 bits per heavy atom. The first kappa shape index (κ1) is 23.0. The van der Waals surface area contributed by atoms with Crippen molar-refractivity contribution in [3.8, 4) is 39.9 Å². The molecular formula is C25H24O9. The number of hydrogen-bond donors (Lipinski definition) is 1. The van der Waals surface area contributed by atoms with Gasteiger partial charge in [0.2, 0.25) is 6.79 Å². The van der Waals surface area contributed by atoms with Gasteiger partial charge in [-0.25, -0.2) is 9.59 Å². The van der Waals surface area contributed by atoms with Crippen LogP contribution >= 0.6 is 0 Å². The van der Waals surface area contributed by atoms with Crippen LogP contribution in [0.2, 0.25) is 0 Å². The van der Waals surface area contributed by atoms with Gasteiger partial charge in [-0.1, -0.05) is 6.07 Å². The number of phenols is 1. The zero-order valence-electron chi connectivity index (χ0n) is 19.2. The predicted molar refractivity (Wildman–Crippen MR) is 122 cm³/mol. The van der Waals surface area contributed by atoms with Gasteiger partial charge in [-0.3, -0.25) is 0 Å². The summed E-state index contributed by atoms with van der Waals surface area (Å²) in [5, 5.41) is 11.9. The smallest absolute Gasteiger partial charge is 0.342 e. The predicted octanol–water partition coefficient (Wildman–Crippen LogP) is 4.31. The van der Waals surface area contributed by atoms with Crippen molar-refractivity contribution in [1.29, 1.82) is 0 Å². The zero-order valence-corrected chi connectivity index (χ0v) is 19.2. The quantitative estimate of drug-likeness (QED) is 0.507. The minimum Gasteiger partial charge on any atom is -0.506 e. The second kappa shape index (κ2) is 9.38. The maximum atomic E-state index is 13.2. The molecule has 0 spiro atoms. The molecule has 0 unspecified atom stereocenters. The van der Waals surface area contributed by atoms with Crippen LogP contribution in [-0.2, 0) is 9.47 Å². The molecule has 0 saturated heterocycles. The minimum absolute atomic E-state index is 0.0455. The molecule has 0 fully saturated rings. The van der Waals surface area contributed by atoms with Gasteiger partial charge in [0, 0.05) is 10.9 Å². The Morgan fingerprint density at radius 2 is 1.44 bits per heavy atom. The third-order valence-electron chi connectivity index (χ3n) is 5.41. The Hall–Kier alpha value is -4.14. The molecule has 0 aromatic heterocycles. The Morgan fingerprint density at radius 3 is 2.06 bits per heavy atom. The lowest BCUT2D eigenvalue weighted by molar-refractivity contribution is 0.0477. The number of phenolic OH excluding ortho intramolecular Hbond substituents is 1. The minimum atomic E-state index is -0.860. The van der Waals surface area contributed by atoms with E-state index in [1.807, 2.05) is 0 Å². The summed E-state index contributed by atoms with van der Waals surface area (Å²) < 4.78 is 32.2. The van der Waals surface area contributed by atoms with Crippen molar-refractivity contribution in [2.45, 2.75) is 13.8 Å². The Kier molecular flexibility index (Phi) is 6.36. The molecule has 0 atom stereocenters. The second-order valence-corrected chi connectivity index (χ2v) is 7.24. The number of benzene rings is 3. The van der Waals surface area contributed by atoms with Gasteiger partial charge in [0.15, 0.2) is 23.0 Å². The molecule has 0 amide bonds. The number of aromatic hydroxyl groups is 1. The maximum absolute atomic E-state index is 13.2. The Balaban J connectivity index is 2.18. The summed E-state index contributed by atoms with van der Waals surface area (Å²) in [6.45, 7) is 3.46. The molecule has 1 aliphatic rings. The van der Waals surface area contributed by atoms with Gasteiger partial charge in [-0.15, -0.1) is 0 Å². The average molecular weight is 468 g/mol. The fourth-order valence-electron chi connectivity index (χ4n) is 3.96. The van der Waals surface area contributed by atoms with Crippen LogP contribution in [0.15, 0.2) is 30.3 Å². The number of fused-ring (bicyclic) bond motifs is 2. The maximum Gasteiger partial charge on any atom is 0.342 e. The van der Waals surface area contributed by atoms with E-state index in [0.29, 0.717) is 39.5 Å². The third-order valence-corrected chi connectivity index (χ3v) is 5.41. The summed E-state index contributed by atoms with van der Waals surface area (Å²) in [5.74, 6) is -0.342. The van der Waals surface area contributed by atoms with Gasteiger partial charge in [0.25, 0.3) is 0 Å². The van der Waals surface area contributed by atoms with Crippen LogP contribution in [0.5, 0.6) is 28.7 Å². The van der Waals surface area contributed by atoms with Crippen molar-refractivity contribution in [3.63, 3.8) is 0 Å². The lowest BCUT2D eigenvalue weighted by Gasteiger charge is -2.20. The largest absolute Gasteiger partial charge is 0.506 e. The van der Waals surface area contributed by atoms with Gasteiger partial charge in [-0.05, 0) is 49.1 Å². The van der Waals surface area contributed by atoms with E-state index in [1.165, 1.54) is 20.3 Å². The van der Waals surface area contributed by atoms with E-state index < -0.39 is 17.7 Å². The molecule has 1 heterocycles. The molecule has 3 aromatic carbocycles. The van der Waals surface area contributed by atoms with Crippen molar-refractivity contribution in [3.05, 3.63) is 41.5 Å². The van der Waals surface area contributed by atoms with E-state index in [4.69, 9.17) is 28.4 Å². The van der Waals surface area contributed by atoms with E-state index in [9.17, 15) is 14.7 Å². The highest BCUT2D eigenvalue weighted by atomic mass is 16.7. The SMILES string of the molecule is CCOC(=O)c1c(C(=O)OCC)c(-c2ccc3c(c2)OCO3)c2cc(OC)c(OC)cc2c1O. The molecule has 4 rings (SSSR count). The molecule has 9 nitrogen and oxygen atoms in total. The summed E-state index contributed by atoms with van der Waals surface area (Å²) in [7, 11) is 2.93. The van der Waals surface area contributed by atoms with Gasteiger partial charge in [-0.2, -0.15) is 0 Å². The first-order valence-electron chi connectivity index (χ1n) is 10.6. The topological polar surface area (TPSA) is 110 Å². The lowest BCUT2D eigenvalue weighted by atomic mass is 9.88. The first-order valence-corrected chi connectivity index (χ1v) is 10.6. The molecule has 0 bridgehead atoms. The van der Waals surface area contributed by atoms with Gasteiger partial charge < -0.3 is 33.5 Å². The number of ether oxygens (including phenoxy) is 6. The lowest BCUT2D eigenvalue weighted by Crippen LogP contribution is -2.16. The fourth-order valence-corrected chi connectivity index (χ4v) is 3.96. The third kappa shape index (κ3) is 3.79. The van der Waals surface area contributed by atoms with Crippen LogP contribution in [0.4, 0.5) is 0 Å². The molecule has 0 radical (unpaired) electrons. The highest BCUT2D eigenvalue weighted by molar-refractivity contribution is 6.18. The summed E-state index contributed by atoms with van der Waals surface area (Å²) in [6, 6.07) is 8.30. The monoisotopic (exact) mass is 468 g/mol. The van der Waals surface area contributed by atoms with Crippen LogP contribution in [0.1, 0.15) is 34.6 Å². The highest BCUT2D eigenvalue weighted by Crippen LogP contribution is 2.47. The van der Waals surface area contributed by atoms with Gasteiger partial charge in [0.1, 0.15) is 11.3 Å². The van der Waals surface area contributed by atoms with E-state index in [2.05, 4.69) is 0 Å². The zero-order chi connectivity index (χ0) is 24.4. The standard InChI is InChI=1S/C25H24O9/c1-5-31-24(27)21-20(13-7-8-16-19(9-13)34-12-33-16)14-10-17(29-3)18(30-4)11-15(14)23(26)22(21)25(28)32-6-2/h7-11,26H,5-6,12H2,1-4H3. The van der Waals surface area contributed by atoms with Crippen LogP contribution in [0.3, 0.4) is 0 Å². The molecule has 9 heteroatoms. The molecule has 34 heavy (non-hydrogen) atoms. The number of hydrogen-bond acceptors (Lipinski definition) is 9. The van der Waals surface area contributed by atoms with E-state index in [0.717, 1.165) is 0 Å². The summed E-state index contributed by atoms with van der Waals surface area (Å²) in [5.41, 5.74) is 0.452. The van der Waals surface area contributed by atoms with Crippen LogP contribution in [-0.4, -0.2) is 51.3 Å². The van der Waals surface area contributed by atoms with Crippen molar-refractivity contribution in [2.75, 3.05) is 34.2 Å². The average Bonchev–Trinajstić information content (AvgIpc) is 3.31. The van der Waals surface area contributed by atoms with Crippen LogP contribution in [0, 0.1) is 0 Å². The number of rotatable bonds is 7. The van der Waals surface area contributed by atoms with Gasteiger partial charge in [0.05, 0.1) is 33.0 Å². The first-order chi connectivity index (χ1) is 16.4. The number of carbonyl (C=O) groups excluding carboxylic acids is 2. The van der Waals surface area contributed by atoms with Crippen molar-refractivity contribution >= 4 is 22.7 Å². The van der Waals surface area contributed by atoms with Crippen LogP contribution < -0.4 is 18.9 Å². The molecule has 1 aliphatic heterocycles. The van der Waals surface area contributed by atoms with Crippen molar-refractivity contribution in [1.82, 2.24) is 0 Å². The fraction of sp³-hybridized carbons (Fsp3) is 0.280. The molecule has 0 saturated carbocycles. The van der Waals surface area contributed by atoms with Gasteiger partial charge >= 0.3 is 11.9 Å². The molecule has 0 aliphatic carbocycles. The normalized spacial score (nSPS) is 11.9. The number of methoxy groups -OCH3 is 2. The highest BCUT2D eigenvalue weighted by Gasteiger charge is 2.32. The van der Waals surface area contributed by atoms with E-state index >= 15 is 0 Å². The Labute approximate surface area is 195 Å². The number of carbonyl (C=O) groups is 2. The summed E-state index contributed by atoms with van der Waals surface area (Å²) in [4.78, 5) is 26.2. The molecule has 3 aromatic rings. The molecule has 1 N–H and O–H groups in total. The second-order valence-electron chi connectivity index (χ2n) is 7.24. The molecular weight excluding hydrogens is 444 g/mol. The number of esters is 2. The Bertz CT molecular complexity index is 1280.